The summed E-state index contributed by atoms with van der Waals surface area (Å²) in [6.07, 6.45) is 0. The fraction of sp³-hybridized carbons (Fsp3) is 0.750. The van der Waals surface area contributed by atoms with E-state index in [4.69, 9.17) is 5.73 Å². The Morgan fingerprint density at radius 3 is 1.72 bits per heavy atom. The normalized spacial score (nSPS) is 13.1. The highest BCUT2D eigenvalue weighted by atomic mass is 32.3. The minimum Gasteiger partial charge on any atom is -0.393 e. The maximum atomic E-state index is 9.50. The molecule has 0 saturated heterocycles. The van der Waals surface area contributed by atoms with Gasteiger partial charge in [0.05, 0.1) is 10.6 Å². The van der Waals surface area contributed by atoms with E-state index < -0.39 is 0 Å². The van der Waals surface area contributed by atoms with Crippen LogP contribution in [0, 0.1) is 11.3 Å². The summed E-state index contributed by atoms with van der Waals surface area (Å²) in [5, 5.41) is 10.2. The third kappa shape index (κ3) is 5.20. The first kappa shape index (κ1) is 18.4. The van der Waals surface area contributed by atoms with Gasteiger partial charge in [0, 0.05) is 0 Å². The maximum Gasteiger partial charge on any atom is 0.145 e. The second-order valence-electron chi connectivity index (χ2n) is 3.14. The molecule has 0 heterocycles. The highest BCUT2D eigenvalue weighted by Crippen LogP contribution is 2.53. The molecule has 0 atom stereocenters. The Hall–Kier alpha value is 0.430. The largest absolute Gasteiger partial charge is 0.393 e. The van der Waals surface area contributed by atoms with E-state index in [1.807, 2.05) is 35.3 Å². The number of nitriles is 1. The Morgan fingerprint density at radius 2 is 1.44 bits per heavy atom. The fourth-order valence-corrected chi connectivity index (χ4v) is 7.42. The molecule has 0 unspecified atom stereocenters. The van der Waals surface area contributed by atoms with Gasteiger partial charge >= 0.3 is 0 Å². The predicted octanol–water partition coefficient (Wildman–Crippen LogP) is 4.35. The Labute approximate surface area is 128 Å². The van der Waals surface area contributed by atoms with Gasteiger partial charge in [-0.25, -0.2) is 0 Å². The van der Waals surface area contributed by atoms with Crippen molar-refractivity contribution in [1.29, 1.82) is 5.26 Å². The van der Waals surface area contributed by atoms with Crippen molar-refractivity contribution < 1.29 is 0 Å². The van der Waals surface area contributed by atoms with Gasteiger partial charge in [0.2, 0.25) is 0 Å². The minimum atomic E-state index is -0.237. The average molecular weight is 323 g/mol. The molecule has 104 valence electrons. The summed E-state index contributed by atoms with van der Waals surface area (Å²) in [7, 11) is 0. The third-order valence-electron chi connectivity index (χ3n) is 1.97. The molecule has 0 aromatic carbocycles. The monoisotopic (exact) mass is 322 g/mol. The molecule has 18 heavy (non-hydrogen) atoms. The first-order chi connectivity index (χ1) is 8.61. The highest BCUT2D eigenvalue weighted by Gasteiger charge is 2.37. The van der Waals surface area contributed by atoms with Gasteiger partial charge in [0.15, 0.2) is 0 Å². The van der Waals surface area contributed by atoms with Gasteiger partial charge in [-0.2, -0.15) is 5.26 Å². The van der Waals surface area contributed by atoms with E-state index in [0.717, 1.165) is 28.6 Å². The molecule has 0 aliphatic heterocycles. The third-order valence-corrected chi connectivity index (χ3v) is 7.51. The van der Waals surface area contributed by atoms with Crippen LogP contribution in [0.1, 0.15) is 27.7 Å². The second kappa shape index (κ2) is 10.2. The van der Waals surface area contributed by atoms with E-state index in [9.17, 15) is 5.26 Å². The van der Waals surface area contributed by atoms with Crippen LogP contribution in [-0.4, -0.2) is 26.4 Å². The molecule has 6 heteroatoms. The van der Waals surface area contributed by atoms with Crippen LogP contribution in [-0.2, 0) is 0 Å². The van der Waals surface area contributed by atoms with Gasteiger partial charge in [-0.1, -0.05) is 27.7 Å². The summed E-state index contributed by atoms with van der Waals surface area (Å²) in [6.45, 7) is 8.44. The Kier molecular flexibility index (Phi) is 10.5. The van der Waals surface area contributed by atoms with Crippen LogP contribution in [0.3, 0.4) is 0 Å². The Bertz CT molecular complexity index is 293. The van der Waals surface area contributed by atoms with E-state index >= 15 is 0 Å². The van der Waals surface area contributed by atoms with Crippen molar-refractivity contribution in [2.24, 2.45) is 5.73 Å². The highest BCUT2D eigenvalue weighted by molar-refractivity contribution is 8.34. The lowest BCUT2D eigenvalue weighted by Crippen LogP contribution is -2.23. The molecule has 0 aliphatic rings. The van der Waals surface area contributed by atoms with Gasteiger partial charge in [0.1, 0.15) is 9.48 Å². The number of nitrogens with zero attached hydrogens (tertiary/aromatic N) is 1. The van der Waals surface area contributed by atoms with Crippen LogP contribution >= 0.6 is 47.0 Å². The van der Waals surface area contributed by atoms with Crippen LogP contribution in [0.25, 0.3) is 0 Å². The maximum absolute atomic E-state index is 9.50. The lowest BCUT2D eigenvalue weighted by molar-refractivity contribution is 1.28. The Balaban J connectivity index is 5.47. The topological polar surface area (TPSA) is 49.8 Å². The van der Waals surface area contributed by atoms with Crippen LogP contribution < -0.4 is 5.73 Å². The van der Waals surface area contributed by atoms with Crippen molar-refractivity contribution in [2.75, 3.05) is 23.0 Å². The Morgan fingerprint density at radius 1 is 1.00 bits per heavy atom. The number of thioether (sulfide) groups is 4. The van der Waals surface area contributed by atoms with E-state index in [-0.39, 0.29) is 3.41 Å². The zero-order valence-corrected chi connectivity index (χ0v) is 14.8. The van der Waals surface area contributed by atoms with Crippen molar-refractivity contribution in [2.45, 2.75) is 31.1 Å². The summed E-state index contributed by atoms with van der Waals surface area (Å²) < 4.78 is -0.237. The molecule has 0 amide bonds. The molecule has 0 aromatic rings. The second-order valence-corrected chi connectivity index (χ2v) is 9.66. The van der Waals surface area contributed by atoms with Crippen molar-refractivity contribution in [3.8, 4) is 6.07 Å². The number of nitrogens with two attached hydrogens (primary N) is 1. The molecule has 0 aliphatic carbocycles. The molecule has 0 spiro atoms. The molecule has 0 bridgehead atoms. The van der Waals surface area contributed by atoms with Gasteiger partial charge < -0.3 is 5.73 Å². The van der Waals surface area contributed by atoms with E-state index in [1.165, 1.54) is 0 Å². The SMILES string of the molecule is CCSC(N)=C(C#N)C(SCC)(SCC)SCC. The van der Waals surface area contributed by atoms with Gasteiger partial charge in [-0.05, 0) is 23.0 Å². The van der Waals surface area contributed by atoms with E-state index in [0.29, 0.717) is 5.03 Å². The molecule has 0 radical (unpaired) electrons. The zero-order chi connectivity index (χ0) is 14.0. The standard InChI is InChI=1S/C12H22N2S4/c1-5-15-11(14)10(9-13)12(16-6-2,17-7-3)18-8-4/h5-8,14H2,1-4H3. The number of hydrogen-bond acceptors (Lipinski definition) is 6. The van der Waals surface area contributed by atoms with Gasteiger partial charge in [0.25, 0.3) is 0 Å². The lowest BCUT2D eigenvalue weighted by Gasteiger charge is -2.31. The molecule has 2 N–H and O–H groups in total. The van der Waals surface area contributed by atoms with Gasteiger partial charge in [-0.3, -0.25) is 0 Å². The molecule has 0 saturated carbocycles. The van der Waals surface area contributed by atoms with Crippen molar-refractivity contribution in [3.05, 3.63) is 10.6 Å². The smallest absolute Gasteiger partial charge is 0.145 e. The minimum absolute atomic E-state index is 0.237. The number of rotatable bonds is 9. The summed E-state index contributed by atoms with van der Waals surface area (Å²) >= 11 is 7.00. The predicted molar refractivity (Wildman–Crippen MR) is 92.1 cm³/mol. The van der Waals surface area contributed by atoms with Gasteiger partial charge in [-0.15, -0.1) is 47.0 Å². The van der Waals surface area contributed by atoms with Crippen LogP contribution in [0.4, 0.5) is 0 Å². The van der Waals surface area contributed by atoms with Crippen molar-refractivity contribution in [1.82, 2.24) is 0 Å². The average Bonchev–Trinajstić information content (AvgIpc) is 2.31. The summed E-state index contributed by atoms with van der Waals surface area (Å²) in [6, 6.07) is 2.35. The quantitative estimate of drug-likeness (QED) is 0.503. The molecule has 0 aromatic heterocycles. The molecule has 0 fully saturated rings. The van der Waals surface area contributed by atoms with Crippen LogP contribution in [0.15, 0.2) is 10.6 Å². The molecular formula is C12H22N2S4. The molecule has 2 nitrogen and oxygen atoms in total. The lowest BCUT2D eigenvalue weighted by atomic mass is 10.3. The van der Waals surface area contributed by atoms with E-state index in [2.05, 4.69) is 33.8 Å². The zero-order valence-electron chi connectivity index (χ0n) is 11.5. The first-order valence-corrected chi connectivity index (χ1v) is 10.0. The summed E-state index contributed by atoms with van der Waals surface area (Å²) in [5.74, 6) is 3.84. The van der Waals surface area contributed by atoms with Crippen LogP contribution in [0.5, 0.6) is 0 Å². The first-order valence-electron chi connectivity index (χ1n) is 6.06. The summed E-state index contributed by atoms with van der Waals surface area (Å²) in [4.78, 5) is 0. The fourth-order valence-electron chi connectivity index (χ4n) is 1.41. The van der Waals surface area contributed by atoms with Crippen molar-refractivity contribution >= 4 is 47.0 Å². The molecule has 0 rings (SSSR count). The van der Waals surface area contributed by atoms with Crippen LogP contribution in [0.2, 0.25) is 0 Å². The molecular weight excluding hydrogens is 300 g/mol. The summed E-state index contributed by atoms with van der Waals surface area (Å²) in [5.41, 5.74) is 6.83. The van der Waals surface area contributed by atoms with E-state index in [1.54, 1.807) is 11.8 Å². The number of hydrogen-bond donors (Lipinski definition) is 1. The van der Waals surface area contributed by atoms with Crippen molar-refractivity contribution in [3.63, 3.8) is 0 Å².